The summed E-state index contributed by atoms with van der Waals surface area (Å²) >= 11 is 0. The average molecular weight is 314 g/mol. The molecule has 0 aliphatic heterocycles. The van der Waals surface area contributed by atoms with Crippen LogP contribution in [-0.4, -0.2) is 4.98 Å². The van der Waals surface area contributed by atoms with Crippen molar-refractivity contribution in [1.29, 1.82) is 0 Å². The van der Waals surface area contributed by atoms with Crippen molar-refractivity contribution in [2.75, 3.05) is 5.32 Å². The Balaban J connectivity index is 1.64. The van der Waals surface area contributed by atoms with Gasteiger partial charge in [0.1, 0.15) is 5.52 Å². The summed E-state index contributed by atoms with van der Waals surface area (Å²) in [7, 11) is 0. The molecule has 3 heteroatoms. The van der Waals surface area contributed by atoms with Crippen LogP contribution in [0.1, 0.15) is 17.2 Å². The summed E-state index contributed by atoms with van der Waals surface area (Å²) in [4.78, 5) is 4.54. The van der Waals surface area contributed by atoms with Gasteiger partial charge in [-0.2, -0.15) is 4.98 Å². The number of aromatic nitrogens is 1. The summed E-state index contributed by atoms with van der Waals surface area (Å²) < 4.78 is 5.84. The number of hydrogen-bond acceptors (Lipinski definition) is 3. The van der Waals surface area contributed by atoms with Crippen LogP contribution < -0.4 is 5.32 Å². The van der Waals surface area contributed by atoms with Gasteiger partial charge >= 0.3 is 0 Å². The third-order valence-corrected chi connectivity index (χ3v) is 4.08. The second-order valence-electron chi connectivity index (χ2n) is 5.78. The summed E-state index contributed by atoms with van der Waals surface area (Å²) in [6, 6.07) is 29.3. The van der Waals surface area contributed by atoms with Gasteiger partial charge < -0.3 is 9.73 Å². The molecule has 24 heavy (non-hydrogen) atoms. The van der Waals surface area contributed by atoms with Crippen LogP contribution in [0.2, 0.25) is 0 Å². The molecule has 1 N–H and O–H groups in total. The lowest BCUT2D eigenvalue weighted by Gasteiger charge is -2.18. The Hall–Kier alpha value is -3.07. The van der Waals surface area contributed by atoms with E-state index in [9.17, 15) is 0 Å². The van der Waals surface area contributed by atoms with Crippen LogP contribution in [0.25, 0.3) is 11.1 Å². The van der Waals surface area contributed by atoms with Crippen LogP contribution >= 0.6 is 0 Å². The van der Waals surface area contributed by atoms with Gasteiger partial charge in [0.2, 0.25) is 0 Å². The lowest BCUT2D eigenvalue weighted by molar-refractivity contribution is 0.596. The Bertz CT molecular complexity index is 883. The van der Waals surface area contributed by atoms with Crippen molar-refractivity contribution in [3.8, 4) is 0 Å². The first-order valence-corrected chi connectivity index (χ1v) is 8.09. The molecule has 0 fully saturated rings. The van der Waals surface area contributed by atoms with Gasteiger partial charge in [0.05, 0.1) is 6.04 Å². The summed E-state index contributed by atoms with van der Waals surface area (Å²) in [6.45, 7) is 0. The molecule has 0 radical (unpaired) electrons. The smallest absolute Gasteiger partial charge is 0.296 e. The van der Waals surface area contributed by atoms with E-state index in [1.54, 1.807) is 0 Å². The zero-order valence-corrected chi connectivity index (χ0v) is 13.2. The number of para-hydroxylation sites is 2. The number of hydrogen-bond donors (Lipinski definition) is 1. The first kappa shape index (κ1) is 14.5. The van der Waals surface area contributed by atoms with Gasteiger partial charge in [-0.25, -0.2) is 0 Å². The average Bonchev–Trinajstić information content (AvgIpc) is 3.05. The molecule has 0 amide bonds. The predicted octanol–water partition coefficient (Wildman–Crippen LogP) is 5.22. The molecular formula is C21H18N2O. The summed E-state index contributed by atoms with van der Waals surface area (Å²) in [5.41, 5.74) is 4.15. The number of anilines is 1. The topological polar surface area (TPSA) is 38.1 Å². The summed E-state index contributed by atoms with van der Waals surface area (Å²) in [5.74, 6) is 0. The SMILES string of the molecule is c1ccc(CC(Nc2nc3ccccc3o2)c2ccccc2)cc1. The Kier molecular flexibility index (Phi) is 3.98. The van der Waals surface area contributed by atoms with Crippen molar-refractivity contribution < 1.29 is 4.42 Å². The Morgan fingerprint density at radius 1 is 0.792 bits per heavy atom. The summed E-state index contributed by atoms with van der Waals surface area (Å²) in [5, 5.41) is 3.46. The van der Waals surface area contributed by atoms with Crippen LogP contribution in [-0.2, 0) is 6.42 Å². The second-order valence-corrected chi connectivity index (χ2v) is 5.78. The van der Waals surface area contributed by atoms with Crippen LogP contribution in [0.3, 0.4) is 0 Å². The fourth-order valence-electron chi connectivity index (χ4n) is 2.87. The van der Waals surface area contributed by atoms with E-state index in [2.05, 4.69) is 58.8 Å². The maximum Gasteiger partial charge on any atom is 0.296 e. The molecule has 4 aromatic rings. The van der Waals surface area contributed by atoms with Crippen molar-refractivity contribution in [3.05, 3.63) is 96.1 Å². The van der Waals surface area contributed by atoms with Crippen molar-refractivity contribution in [2.45, 2.75) is 12.5 Å². The number of oxazole rings is 1. The Morgan fingerprint density at radius 2 is 1.46 bits per heavy atom. The molecule has 118 valence electrons. The Morgan fingerprint density at radius 3 is 2.21 bits per heavy atom. The first-order chi connectivity index (χ1) is 11.9. The van der Waals surface area contributed by atoms with E-state index < -0.39 is 0 Å². The van der Waals surface area contributed by atoms with Crippen LogP contribution in [0.5, 0.6) is 0 Å². The van der Waals surface area contributed by atoms with E-state index in [1.807, 2.05) is 36.4 Å². The molecule has 1 aromatic heterocycles. The van der Waals surface area contributed by atoms with Crippen LogP contribution in [0.4, 0.5) is 6.01 Å². The van der Waals surface area contributed by atoms with Crippen molar-refractivity contribution in [3.63, 3.8) is 0 Å². The van der Waals surface area contributed by atoms with Gasteiger partial charge in [0.25, 0.3) is 6.01 Å². The minimum Gasteiger partial charge on any atom is -0.424 e. The molecule has 0 saturated carbocycles. The molecular weight excluding hydrogens is 296 g/mol. The third-order valence-electron chi connectivity index (χ3n) is 4.08. The molecule has 1 unspecified atom stereocenters. The van der Waals surface area contributed by atoms with E-state index in [4.69, 9.17) is 4.42 Å². The molecule has 0 aliphatic rings. The number of nitrogens with one attached hydrogen (secondary N) is 1. The quantitative estimate of drug-likeness (QED) is 0.548. The molecule has 3 nitrogen and oxygen atoms in total. The molecule has 4 rings (SSSR count). The molecule has 1 atom stereocenters. The molecule has 0 aliphatic carbocycles. The molecule has 1 heterocycles. The maximum absolute atomic E-state index is 5.84. The Labute approximate surface area is 141 Å². The highest BCUT2D eigenvalue weighted by molar-refractivity contribution is 5.74. The molecule has 3 aromatic carbocycles. The highest BCUT2D eigenvalue weighted by Crippen LogP contribution is 2.25. The number of fused-ring (bicyclic) bond motifs is 1. The van der Waals surface area contributed by atoms with Crippen LogP contribution in [0, 0.1) is 0 Å². The van der Waals surface area contributed by atoms with E-state index in [1.165, 1.54) is 11.1 Å². The number of benzene rings is 3. The van der Waals surface area contributed by atoms with E-state index in [0.29, 0.717) is 6.01 Å². The lowest BCUT2D eigenvalue weighted by atomic mass is 9.99. The molecule has 0 spiro atoms. The zero-order chi connectivity index (χ0) is 16.2. The van der Waals surface area contributed by atoms with Crippen molar-refractivity contribution >= 4 is 17.1 Å². The van der Waals surface area contributed by atoms with Gasteiger partial charge in [-0.1, -0.05) is 72.8 Å². The van der Waals surface area contributed by atoms with E-state index in [0.717, 1.165) is 17.5 Å². The fourth-order valence-corrected chi connectivity index (χ4v) is 2.87. The normalized spacial score (nSPS) is 12.2. The standard InChI is InChI=1S/C21H18N2O/c1-3-9-16(10-4-1)15-19(17-11-5-2-6-12-17)23-21-22-18-13-7-8-14-20(18)24-21/h1-14,19H,15H2,(H,22,23). The fraction of sp³-hybridized carbons (Fsp3) is 0.0952. The largest absolute Gasteiger partial charge is 0.424 e. The highest BCUT2D eigenvalue weighted by Gasteiger charge is 2.15. The number of nitrogens with zero attached hydrogens (tertiary/aromatic N) is 1. The van der Waals surface area contributed by atoms with Gasteiger partial charge in [-0.05, 0) is 29.7 Å². The second kappa shape index (κ2) is 6.59. The first-order valence-electron chi connectivity index (χ1n) is 8.09. The third kappa shape index (κ3) is 3.15. The highest BCUT2D eigenvalue weighted by atomic mass is 16.4. The van der Waals surface area contributed by atoms with Crippen LogP contribution in [0.15, 0.2) is 89.3 Å². The van der Waals surface area contributed by atoms with E-state index >= 15 is 0 Å². The monoisotopic (exact) mass is 314 g/mol. The number of rotatable bonds is 5. The zero-order valence-electron chi connectivity index (χ0n) is 13.2. The lowest BCUT2D eigenvalue weighted by Crippen LogP contribution is -2.13. The predicted molar refractivity (Wildman–Crippen MR) is 97.0 cm³/mol. The van der Waals surface area contributed by atoms with Gasteiger partial charge in [0, 0.05) is 0 Å². The minimum absolute atomic E-state index is 0.0988. The minimum atomic E-state index is 0.0988. The van der Waals surface area contributed by atoms with Gasteiger partial charge in [0.15, 0.2) is 5.58 Å². The van der Waals surface area contributed by atoms with Gasteiger partial charge in [-0.3, -0.25) is 0 Å². The van der Waals surface area contributed by atoms with Gasteiger partial charge in [-0.15, -0.1) is 0 Å². The molecule has 0 saturated heterocycles. The van der Waals surface area contributed by atoms with Crippen molar-refractivity contribution in [2.24, 2.45) is 0 Å². The summed E-state index contributed by atoms with van der Waals surface area (Å²) in [6.07, 6.45) is 0.865. The van der Waals surface area contributed by atoms with E-state index in [-0.39, 0.29) is 6.04 Å². The molecule has 0 bridgehead atoms. The van der Waals surface area contributed by atoms with Crippen molar-refractivity contribution in [1.82, 2.24) is 4.98 Å². The maximum atomic E-state index is 5.84.